The summed E-state index contributed by atoms with van der Waals surface area (Å²) in [6.45, 7) is 2.34. The van der Waals surface area contributed by atoms with E-state index in [0.29, 0.717) is 53.9 Å². The summed E-state index contributed by atoms with van der Waals surface area (Å²) in [5.74, 6) is 1.72. The van der Waals surface area contributed by atoms with E-state index in [9.17, 15) is 9.18 Å². The smallest absolute Gasteiger partial charge is 0.217 e. The largest absolute Gasteiger partial charge is 0.473 e. The highest BCUT2D eigenvalue weighted by molar-refractivity contribution is 5.91. The summed E-state index contributed by atoms with van der Waals surface area (Å²) in [6.07, 6.45) is 6.94. The predicted molar refractivity (Wildman–Crippen MR) is 134 cm³/mol. The zero-order valence-electron chi connectivity index (χ0n) is 21.6. The number of carbonyl (C=O) groups excluding carboxylic acids is 1. The lowest BCUT2D eigenvalue weighted by Crippen LogP contribution is -2.41. The Morgan fingerprint density at radius 2 is 2.00 bits per heavy atom. The molecule has 3 aromatic rings. The Kier molecular flexibility index (Phi) is 6.09. The van der Waals surface area contributed by atoms with Crippen LogP contribution in [0.25, 0.3) is 22.9 Å². The number of ether oxygens (including phenoxy) is 1. The van der Waals surface area contributed by atoms with Gasteiger partial charge in [0, 0.05) is 43.9 Å². The molecular weight excluding hydrogens is 475 g/mol. The van der Waals surface area contributed by atoms with Crippen LogP contribution in [0.3, 0.4) is 0 Å². The second-order valence-corrected chi connectivity index (χ2v) is 10.9. The van der Waals surface area contributed by atoms with Gasteiger partial charge >= 0.3 is 0 Å². The van der Waals surface area contributed by atoms with E-state index in [2.05, 4.69) is 10.3 Å². The molecule has 0 radical (unpaired) electrons. The third-order valence-corrected chi connectivity index (χ3v) is 8.33. The normalized spacial score (nSPS) is 27.0. The third-order valence-electron chi connectivity index (χ3n) is 8.33. The van der Waals surface area contributed by atoms with Gasteiger partial charge in [0.15, 0.2) is 17.3 Å². The van der Waals surface area contributed by atoms with E-state index in [-0.39, 0.29) is 17.9 Å². The summed E-state index contributed by atoms with van der Waals surface area (Å²) in [5, 5.41) is 8.93. The van der Waals surface area contributed by atoms with Gasteiger partial charge in [0.1, 0.15) is 23.8 Å². The second-order valence-electron chi connectivity index (χ2n) is 10.9. The molecule has 2 fully saturated rings. The minimum Gasteiger partial charge on any atom is -0.473 e. The number of aryl methyl sites for hydroxylation is 1. The van der Waals surface area contributed by atoms with Gasteiger partial charge in [-0.25, -0.2) is 9.37 Å². The van der Waals surface area contributed by atoms with Crippen LogP contribution in [-0.4, -0.2) is 67.5 Å². The molecule has 37 heavy (non-hydrogen) atoms. The van der Waals surface area contributed by atoms with Gasteiger partial charge in [0.25, 0.3) is 0 Å². The summed E-state index contributed by atoms with van der Waals surface area (Å²) in [7, 11) is 3.77. The van der Waals surface area contributed by atoms with Crippen LogP contribution >= 0.6 is 0 Å². The van der Waals surface area contributed by atoms with Gasteiger partial charge in [-0.1, -0.05) is 11.6 Å². The van der Waals surface area contributed by atoms with Crippen molar-refractivity contribution in [1.82, 2.24) is 29.8 Å². The van der Waals surface area contributed by atoms with Gasteiger partial charge in [0.05, 0.1) is 11.1 Å². The zero-order valence-corrected chi connectivity index (χ0v) is 21.6. The van der Waals surface area contributed by atoms with Crippen LogP contribution in [0.15, 0.2) is 22.9 Å². The molecule has 4 atom stereocenters. The van der Waals surface area contributed by atoms with Crippen LogP contribution in [0.5, 0.6) is 5.88 Å². The number of likely N-dealkylation sites (N-methyl/N-ethyl adjacent to an activating group) is 1. The van der Waals surface area contributed by atoms with Crippen molar-refractivity contribution in [2.75, 3.05) is 13.6 Å². The Morgan fingerprint density at radius 3 is 2.73 bits per heavy atom. The quantitative estimate of drug-likeness (QED) is 0.509. The number of ketones is 1. The number of carbonyl (C=O) groups is 1. The Balaban J connectivity index is 1.40. The first-order valence-corrected chi connectivity index (χ1v) is 13.3. The van der Waals surface area contributed by atoms with E-state index in [0.717, 1.165) is 44.1 Å². The molecule has 0 bridgehead atoms. The molecule has 0 aromatic carbocycles. The highest BCUT2D eigenvalue weighted by Crippen LogP contribution is 2.47. The number of Topliss-reactive ketones (excluding diaryl/α,β-unsaturated/α-hetero) is 1. The monoisotopic (exact) mass is 508 g/mol. The fraction of sp³-hybridized carbons (Fsp3) is 0.593. The fourth-order valence-electron chi connectivity index (χ4n) is 6.43. The SMILES string of the molecule is C[C@H](Oc1cc(-c2ccn(C)n2)nc(-c2noc3c2CCC[C@@]32CCCCC2=O)n1)[C@@H]1C[C@H](F)CN1C. The molecule has 0 N–H and O–H groups in total. The Labute approximate surface area is 215 Å². The molecular formula is C27H33FN6O3. The molecule has 0 unspecified atom stereocenters. The van der Waals surface area contributed by atoms with E-state index in [1.54, 1.807) is 10.7 Å². The van der Waals surface area contributed by atoms with E-state index in [1.807, 2.05) is 38.2 Å². The maximum absolute atomic E-state index is 14.0. The minimum atomic E-state index is -0.859. The lowest BCUT2D eigenvalue weighted by Gasteiger charge is -2.36. The molecule has 1 saturated carbocycles. The third kappa shape index (κ3) is 4.24. The molecule has 0 amide bonds. The van der Waals surface area contributed by atoms with E-state index in [4.69, 9.17) is 19.2 Å². The minimum absolute atomic E-state index is 0.0521. The summed E-state index contributed by atoms with van der Waals surface area (Å²) >= 11 is 0. The Morgan fingerprint density at radius 1 is 1.16 bits per heavy atom. The van der Waals surface area contributed by atoms with Crippen LogP contribution in [0, 0.1) is 0 Å². The molecule has 6 rings (SSSR count). The number of nitrogens with zero attached hydrogens (tertiary/aromatic N) is 6. The first kappa shape index (κ1) is 24.2. The molecule has 4 heterocycles. The standard InChI is InChI=1S/C27H33FN6O3/c1-16(21-13-17(28)15-33(21)2)36-23-14-20(19-9-12-34(3)31-19)29-26(30-23)24-18-7-6-11-27(25(18)37-32-24)10-5-4-8-22(27)35/h9,12,14,16-17,21H,4-8,10-11,13,15H2,1-3H3/t16-,17-,21-,27+/m0/s1. The number of hydrogen-bond donors (Lipinski definition) is 0. The van der Waals surface area contributed by atoms with Crippen molar-refractivity contribution < 1.29 is 18.4 Å². The van der Waals surface area contributed by atoms with Crippen LogP contribution in [-0.2, 0) is 23.7 Å². The van der Waals surface area contributed by atoms with Crippen molar-refractivity contribution in [3.05, 3.63) is 29.7 Å². The van der Waals surface area contributed by atoms with Crippen molar-refractivity contribution in [1.29, 1.82) is 0 Å². The van der Waals surface area contributed by atoms with Crippen molar-refractivity contribution in [3.8, 4) is 28.8 Å². The zero-order chi connectivity index (χ0) is 25.7. The van der Waals surface area contributed by atoms with Crippen LogP contribution < -0.4 is 4.74 Å². The number of aromatic nitrogens is 5. The topological polar surface area (TPSA) is 99.2 Å². The predicted octanol–water partition coefficient (Wildman–Crippen LogP) is 4.06. The average molecular weight is 509 g/mol. The van der Waals surface area contributed by atoms with E-state index < -0.39 is 11.6 Å². The number of alkyl halides is 1. The number of fused-ring (bicyclic) bond motifs is 2. The van der Waals surface area contributed by atoms with Gasteiger partial charge in [-0.15, -0.1) is 0 Å². The summed E-state index contributed by atoms with van der Waals surface area (Å²) in [5.41, 5.74) is 2.20. The molecule has 1 saturated heterocycles. The van der Waals surface area contributed by atoms with Gasteiger partial charge in [-0.05, 0) is 58.6 Å². The number of hydrogen-bond acceptors (Lipinski definition) is 8. The second kappa shape index (κ2) is 9.31. The average Bonchev–Trinajstić information content (AvgIpc) is 3.59. The Hall–Kier alpha value is -3.14. The fourth-order valence-corrected chi connectivity index (χ4v) is 6.43. The highest BCUT2D eigenvalue weighted by Gasteiger charge is 2.48. The Bertz CT molecular complexity index is 1320. The van der Waals surface area contributed by atoms with Crippen molar-refractivity contribution >= 4 is 5.78 Å². The molecule has 2 aliphatic carbocycles. The first-order chi connectivity index (χ1) is 17.8. The first-order valence-electron chi connectivity index (χ1n) is 13.3. The summed E-state index contributed by atoms with van der Waals surface area (Å²) in [6, 6.07) is 3.60. The van der Waals surface area contributed by atoms with Crippen LogP contribution in [0.4, 0.5) is 4.39 Å². The van der Waals surface area contributed by atoms with Gasteiger partial charge in [0.2, 0.25) is 5.88 Å². The molecule has 9 nitrogen and oxygen atoms in total. The van der Waals surface area contributed by atoms with Crippen molar-refractivity contribution in [3.63, 3.8) is 0 Å². The van der Waals surface area contributed by atoms with Crippen molar-refractivity contribution in [2.45, 2.75) is 82.0 Å². The van der Waals surface area contributed by atoms with Crippen LogP contribution in [0.2, 0.25) is 0 Å². The number of rotatable bonds is 5. The molecule has 1 aliphatic heterocycles. The molecule has 1 spiro atoms. The highest BCUT2D eigenvalue weighted by atomic mass is 19.1. The lowest BCUT2D eigenvalue weighted by atomic mass is 9.64. The molecule has 3 aromatic heterocycles. The van der Waals surface area contributed by atoms with Crippen molar-refractivity contribution in [2.24, 2.45) is 7.05 Å². The number of likely N-dealkylation sites (tertiary alicyclic amines) is 1. The van der Waals surface area contributed by atoms with Gasteiger partial charge < -0.3 is 9.26 Å². The molecule has 3 aliphatic rings. The van der Waals surface area contributed by atoms with Crippen LogP contribution in [0.1, 0.15) is 63.2 Å². The van der Waals surface area contributed by atoms with Gasteiger partial charge in [-0.3, -0.25) is 14.4 Å². The van der Waals surface area contributed by atoms with Gasteiger partial charge in [-0.2, -0.15) is 10.1 Å². The van der Waals surface area contributed by atoms with E-state index >= 15 is 0 Å². The lowest BCUT2D eigenvalue weighted by molar-refractivity contribution is -0.128. The molecule has 196 valence electrons. The molecule has 10 heteroatoms. The maximum atomic E-state index is 14.0. The summed E-state index contributed by atoms with van der Waals surface area (Å²) < 4.78 is 27.9. The number of halogens is 1. The summed E-state index contributed by atoms with van der Waals surface area (Å²) in [4.78, 5) is 24.6. The maximum Gasteiger partial charge on any atom is 0.217 e. The van der Waals surface area contributed by atoms with E-state index in [1.165, 1.54) is 0 Å².